The van der Waals surface area contributed by atoms with Gasteiger partial charge in [0.15, 0.2) is 0 Å². The van der Waals surface area contributed by atoms with E-state index in [9.17, 15) is 0 Å². The molecule has 1 heterocycles. The molecule has 0 saturated heterocycles. The highest BCUT2D eigenvalue weighted by atomic mass is 15.1. The lowest BCUT2D eigenvalue weighted by Gasteiger charge is -2.38. The highest BCUT2D eigenvalue weighted by Crippen LogP contribution is 3.03. The fourth-order valence-corrected chi connectivity index (χ4v) is 7.01. The third-order valence-corrected chi connectivity index (χ3v) is 7.47. The second-order valence-electron chi connectivity index (χ2n) is 7.92. The van der Waals surface area contributed by atoms with Gasteiger partial charge in [-0.25, -0.2) is 0 Å². The van der Waals surface area contributed by atoms with E-state index in [1.165, 1.54) is 12.1 Å². The molecule has 5 fully saturated rings. The van der Waals surface area contributed by atoms with Gasteiger partial charge >= 0.3 is 0 Å². The van der Waals surface area contributed by atoms with Crippen LogP contribution in [0.1, 0.15) is 17.5 Å². The Bertz CT molecular complexity index is 769. The number of hydrogen-bond donors (Lipinski definition) is 0. The zero-order valence-corrected chi connectivity index (χ0v) is 13.0. The predicted molar refractivity (Wildman–Crippen MR) is 86.9 cm³/mol. The van der Waals surface area contributed by atoms with Crippen LogP contribution in [0.2, 0.25) is 0 Å². The Morgan fingerprint density at radius 2 is 1.41 bits per heavy atom. The van der Waals surface area contributed by atoms with Crippen LogP contribution in [-0.2, 0) is 10.8 Å². The second kappa shape index (κ2) is 3.24. The van der Waals surface area contributed by atoms with Crippen LogP contribution in [0.3, 0.4) is 0 Å². The first-order chi connectivity index (χ1) is 10.7. The van der Waals surface area contributed by atoms with Crippen molar-refractivity contribution in [3.05, 3.63) is 59.9 Å². The minimum Gasteiger partial charge on any atom is -0.378 e. The van der Waals surface area contributed by atoms with Crippen LogP contribution in [0.25, 0.3) is 0 Å². The van der Waals surface area contributed by atoms with Crippen molar-refractivity contribution < 1.29 is 0 Å². The Kier molecular flexibility index (Phi) is 1.73. The average molecular weight is 288 g/mol. The highest BCUT2D eigenvalue weighted by molar-refractivity contribution is 5.69. The molecular formula is C20H20N2. The van der Waals surface area contributed by atoms with Crippen LogP contribution in [-0.4, -0.2) is 19.1 Å². The largest absolute Gasteiger partial charge is 0.378 e. The normalized spacial score (nSPS) is 45.0. The van der Waals surface area contributed by atoms with Gasteiger partial charge in [-0.1, -0.05) is 12.1 Å². The first kappa shape index (κ1) is 11.7. The Labute approximate surface area is 131 Å². The molecule has 2 nitrogen and oxygen atoms in total. The van der Waals surface area contributed by atoms with Gasteiger partial charge in [-0.3, -0.25) is 4.98 Å². The molecule has 0 N–H and O–H groups in total. The lowest BCUT2D eigenvalue weighted by Crippen LogP contribution is -2.39. The maximum Gasteiger partial charge on any atom is 0.0361 e. The third kappa shape index (κ3) is 0.899. The first-order valence-corrected chi connectivity index (χ1v) is 8.42. The van der Waals surface area contributed by atoms with Gasteiger partial charge in [-0.2, -0.15) is 0 Å². The lowest BCUT2D eigenvalue weighted by atomic mass is 9.65. The van der Waals surface area contributed by atoms with E-state index < -0.39 is 0 Å². The molecular weight excluding hydrogens is 268 g/mol. The summed E-state index contributed by atoms with van der Waals surface area (Å²) in [6.07, 6.45) is 5.43. The number of aromatic nitrogens is 1. The summed E-state index contributed by atoms with van der Waals surface area (Å²) < 4.78 is 0. The molecule has 2 heteroatoms. The minimum absolute atomic E-state index is 0.477. The van der Waals surface area contributed by atoms with Crippen LogP contribution >= 0.6 is 0 Å². The van der Waals surface area contributed by atoms with E-state index in [1.807, 2.05) is 12.4 Å². The van der Waals surface area contributed by atoms with Crippen molar-refractivity contribution in [2.24, 2.45) is 23.7 Å². The second-order valence-corrected chi connectivity index (χ2v) is 7.92. The molecule has 7 rings (SSSR count). The van der Waals surface area contributed by atoms with E-state index in [-0.39, 0.29) is 0 Å². The molecule has 2 bridgehead atoms. The molecule has 0 amide bonds. The first-order valence-electron chi connectivity index (χ1n) is 8.42. The SMILES string of the molecule is CN(C)c1ccc(C23C4CC5C(C42)C53c2ccncc2)cc1. The number of hydrogen-bond acceptors (Lipinski definition) is 2. The van der Waals surface area contributed by atoms with E-state index in [0.29, 0.717) is 10.8 Å². The van der Waals surface area contributed by atoms with Gasteiger partial charge in [-0.05, 0) is 65.5 Å². The fraction of sp³-hybridized carbons (Fsp3) is 0.450. The Balaban J connectivity index is 1.48. The van der Waals surface area contributed by atoms with Crippen LogP contribution in [0.5, 0.6) is 0 Å². The van der Waals surface area contributed by atoms with Crippen molar-refractivity contribution in [2.75, 3.05) is 19.0 Å². The van der Waals surface area contributed by atoms with E-state index >= 15 is 0 Å². The van der Waals surface area contributed by atoms with Crippen molar-refractivity contribution in [3.8, 4) is 0 Å². The van der Waals surface area contributed by atoms with Crippen molar-refractivity contribution in [2.45, 2.75) is 17.3 Å². The Morgan fingerprint density at radius 1 is 0.864 bits per heavy atom. The minimum atomic E-state index is 0.477. The molecule has 6 atom stereocenters. The predicted octanol–water partition coefficient (Wildman–Crippen LogP) is 3.23. The van der Waals surface area contributed by atoms with Crippen molar-refractivity contribution >= 4 is 5.69 Å². The molecule has 0 spiro atoms. The van der Waals surface area contributed by atoms with Crippen LogP contribution in [0, 0.1) is 23.7 Å². The fourth-order valence-electron chi connectivity index (χ4n) is 7.01. The van der Waals surface area contributed by atoms with Crippen LogP contribution in [0.4, 0.5) is 5.69 Å². The van der Waals surface area contributed by atoms with E-state index in [0.717, 1.165) is 23.7 Å². The molecule has 0 radical (unpaired) electrons. The maximum absolute atomic E-state index is 4.23. The van der Waals surface area contributed by atoms with Gasteiger partial charge in [0.2, 0.25) is 0 Å². The summed E-state index contributed by atoms with van der Waals surface area (Å²) in [7, 11) is 4.23. The van der Waals surface area contributed by atoms with Crippen LogP contribution in [0.15, 0.2) is 48.8 Å². The summed E-state index contributed by atoms with van der Waals surface area (Å²) in [6.45, 7) is 0. The highest BCUT2D eigenvalue weighted by Gasteiger charge is 3.04. The van der Waals surface area contributed by atoms with Crippen molar-refractivity contribution in [3.63, 3.8) is 0 Å². The number of rotatable bonds is 3. The molecule has 1 aromatic heterocycles. The van der Waals surface area contributed by atoms with Crippen molar-refractivity contribution in [1.82, 2.24) is 4.98 Å². The molecule has 1 aromatic carbocycles. The Morgan fingerprint density at radius 3 is 1.91 bits per heavy atom. The molecule has 5 aliphatic rings. The summed E-state index contributed by atoms with van der Waals surface area (Å²) in [5.74, 6) is 3.88. The smallest absolute Gasteiger partial charge is 0.0361 e. The average Bonchev–Trinajstić information content (AvgIpc) is 3.19. The number of nitrogens with zero attached hydrogens (tertiary/aromatic N) is 2. The zero-order valence-electron chi connectivity index (χ0n) is 13.0. The number of pyridine rings is 1. The Hall–Kier alpha value is -1.83. The summed E-state index contributed by atoms with van der Waals surface area (Å²) in [5.41, 5.74) is 5.42. The van der Waals surface area contributed by atoms with Crippen molar-refractivity contribution in [1.29, 1.82) is 0 Å². The topological polar surface area (TPSA) is 16.1 Å². The molecule has 110 valence electrons. The van der Waals surface area contributed by atoms with Gasteiger partial charge in [0.05, 0.1) is 0 Å². The summed E-state index contributed by atoms with van der Waals surface area (Å²) in [4.78, 5) is 6.42. The van der Waals surface area contributed by atoms with Crippen LogP contribution < -0.4 is 4.90 Å². The zero-order chi connectivity index (χ0) is 14.7. The molecule has 22 heavy (non-hydrogen) atoms. The number of benzene rings is 1. The lowest BCUT2D eigenvalue weighted by molar-refractivity contribution is 0.310. The van der Waals surface area contributed by atoms with Gasteiger partial charge < -0.3 is 4.90 Å². The summed E-state index contributed by atoms with van der Waals surface area (Å²) >= 11 is 0. The monoisotopic (exact) mass is 288 g/mol. The molecule has 2 aromatic rings. The standard InChI is InChI=1S/C20H20N2/c1-22(2)14-5-3-12(4-6-14)19-15-11-16-18(17(15)19)20(16,19)13-7-9-21-10-8-13/h3-10,15-18H,11H2,1-2H3. The quantitative estimate of drug-likeness (QED) is 0.862. The van der Waals surface area contributed by atoms with Gasteiger partial charge in [-0.15, -0.1) is 0 Å². The van der Waals surface area contributed by atoms with Gasteiger partial charge in [0.25, 0.3) is 0 Å². The summed E-state index contributed by atoms with van der Waals surface area (Å²) in [6, 6.07) is 14.0. The van der Waals surface area contributed by atoms with Gasteiger partial charge in [0, 0.05) is 43.0 Å². The van der Waals surface area contributed by atoms with E-state index in [2.05, 4.69) is 60.4 Å². The molecule has 5 saturated carbocycles. The molecule has 5 aliphatic carbocycles. The van der Waals surface area contributed by atoms with E-state index in [4.69, 9.17) is 0 Å². The maximum atomic E-state index is 4.23. The van der Waals surface area contributed by atoms with Gasteiger partial charge in [0.1, 0.15) is 0 Å². The molecule has 6 unspecified atom stereocenters. The number of anilines is 1. The third-order valence-electron chi connectivity index (χ3n) is 7.47. The van der Waals surface area contributed by atoms with E-state index in [1.54, 1.807) is 11.1 Å². The molecule has 0 aliphatic heterocycles. The summed E-state index contributed by atoms with van der Waals surface area (Å²) in [5, 5.41) is 0.